The monoisotopic (exact) mass is 478 g/mol. The van der Waals surface area contributed by atoms with Crippen molar-refractivity contribution in [2.45, 2.75) is 77.0 Å². The van der Waals surface area contributed by atoms with Gasteiger partial charge in [-0.1, -0.05) is 53.7 Å². The van der Waals surface area contributed by atoms with Gasteiger partial charge in [0.25, 0.3) is 0 Å². The number of pyridine rings is 1. The predicted molar refractivity (Wildman–Crippen MR) is 127 cm³/mol. The first-order valence-corrected chi connectivity index (χ1v) is 12.1. The molecule has 0 amide bonds. The highest BCUT2D eigenvalue weighted by molar-refractivity contribution is 7.42. The van der Waals surface area contributed by atoms with Crippen LogP contribution in [0.4, 0.5) is 4.39 Å². The molecule has 3 unspecified atom stereocenters. The molecule has 0 aliphatic rings. The summed E-state index contributed by atoms with van der Waals surface area (Å²) in [5, 5.41) is 20.1. The SMILES string of the molecule is CCC(C(=O)O)([P+](=O)OC)C(C)(O)c1c(-c2ccc(F)cc2)cc(C(C)(C)C)nc1C(C)C. The van der Waals surface area contributed by atoms with Gasteiger partial charge in [0.1, 0.15) is 5.82 Å². The van der Waals surface area contributed by atoms with Gasteiger partial charge >= 0.3 is 19.2 Å². The van der Waals surface area contributed by atoms with Gasteiger partial charge in [-0.25, -0.2) is 9.18 Å². The molecule has 1 heterocycles. The van der Waals surface area contributed by atoms with Crippen molar-refractivity contribution in [2.75, 3.05) is 7.11 Å². The van der Waals surface area contributed by atoms with Gasteiger partial charge in [-0.15, -0.1) is 4.52 Å². The summed E-state index contributed by atoms with van der Waals surface area (Å²) in [5.41, 5.74) is 0.0938. The minimum Gasteiger partial charge on any atom is -0.477 e. The summed E-state index contributed by atoms with van der Waals surface area (Å²) in [6, 6.07) is 7.56. The number of nitrogens with zero attached hydrogens (tertiary/aromatic N) is 1. The predicted octanol–water partition coefficient (Wildman–Crippen LogP) is 6.14. The number of aliphatic hydroxyl groups is 1. The molecule has 1 aromatic heterocycles. The molecule has 2 aromatic rings. The lowest BCUT2D eigenvalue weighted by Gasteiger charge is -2.37. The zero-order valence-corrected chi connectivity index (χ0v) is 21.5. The fraction of sp³-hybridized carbons (Fsp3) is 0.520. The van der Waals surface area contributed by atoms with Gasteiger partial charge in [0, 0.05) is 23.1 Å². The van der Waals surface area contributed by atoms with Crippen LogP contribution in [0.5, 0.6) is 0 Å². The molecule has 0 radical (unpaired) electrons. The number of halogens is 1. The molecule has 0 aliphatic carbocycles. The minimum atomic E-state index is -2.81. The van der Waals surface area contributed by atoms with Crippen LogP contribution in [0, 0.1) is 5.82 Å². The van der Waals surface area contributed by atoms with Crippen molar-refractivity contribution >= 4 is 14.0 Å². The summed E-state index contributed by atoms with van der Waals surface area (Å²) in [6.45, 7) is 12.7. The van der Waals surface area contributed by atoms with Crippen molar-refractivity contribution in [1.82, 2.24) is 4.98 Å². The first-order chi connectivity index (χ1) is 15.1. The summed E-state index contributed by atoms with van der Waals surface area (Å²) in [7, 11) is -1.65. The van der Waals surface area contributed by atoms with E-state index in [0.29, 0.717) is 16.8 Å². The molecule has 0 spiro atoms. The van der Waals surface area contributed by atoms with Crippen LogP contribution in [0.2, 0.25) is 0 Å². The fourth-order valence-corrected chi connectivity index (χ4v) is 5.38. The molecule has 0 saturated carbocycles. The number of benzene rings is 1. The third-order valence-corrected chi connectivity index (χ3v) is 8.05. The molecule has 2 N–H and O–H groups in total. The number of hydrogen-bond donors (Lipinski definition) is 2. The molecule has 6 nitrogen and oxygen atoms in total. The van der Waals surface area contributed by atoms with E-state index in [-0.39, 0.29) is 23.3 Å². The highest BCUT2D eigenvalue weighted by Gasteiger charge is 2.70. The molecule has 1 aromatic carbocycles. The Morgan fingerprint density at radius 2 is 1.73 bits per heavy atom. The number of carbonyl (C=O) groups is 1. The number of carboxylic acid groups (broad SMARTS) is 1. The van der Waals surface area contributed by atoms with Crippen molar-refractivity contribution < 1.29 is 28.5 Å². The molecule has 0 saturated heterocycles. The van der Waals surface area contributed by atoms with E-state index in [1.165, 1.54) is 19.1 Å². The molecule has 0 bridgehead atoms. The van der Waals surface area contributed by atoms with E-state index in [4.69, 9.17) is 9.51 Å². The van der Waals surface area contributed by atoms with Crippen LogP contribution in [-0.2, 0) is 24.9 Å². The molecule has 3 atom stereocenters. The van der Waals surface area contributed by atoms with Crippen LogP contribution >= 0.6 is 8.03 Å². The fourth-order valence-electron chi connectivity index (χ4n) is 4.19. The van der Waals surface area contributed by atoms with Gasteiger partial charge in [0.15, 0.2) is 5.60 Å². The number of hydrogen-bond acceptors (Lipinski definition) is 5. The Balaban J connectivity index is 3.11. The Kier molecular flexibility index (Phi) is 7.84. The summed E-state index contributed by atoms with van der Waals surface area (Å²) < 4.78 is 31.8. The highest BCUT2D eigenvalue weighted by atomic mass is 31.1. The summed E-state index contributed by atoms with van der Waals surface area (Å²) in [5.74, 6) is -2.05. The lowest BCUT2D eigenvalue weighted by Crippen LogP contribution is -2.53. The molecule has 33 heavy (non-hydrogen) atoms. The Labute approximate surface area is 196 Å². The van der Waals surface area contributed by atoms with Crippen molar-refractivity contribution in [1.29, 1.82) is 0 Å². The van der Waals surface area contributed by atoms with Gasteiger partial charge in [-0.05, 0) is 46.7 Å². The van der Waals surface area contributed by atoms with E-state index < -0.39 is 30.6 Å². The summed E-state index contributed by atoms with van der Waals surface area (Å²) >= 11 is 0. The van der Waals surface area contributed by atoms with E-state index in [9.17, 15) is 24.0 Å². The number of rotatable bonds is 8. The van der Waals surface area contributed by atoms with Crippen molar-refractivity contribution in [3.05, 3.63) is 53.1 Å². The zero-order chi connectivity index (χ0) is 25.4. The molecule has 0 fully saturated rings. The van der Waals surface area contributed by atoms with E-state index in [2.05, 4.69) is 0 Å². The number of carboxylic acids is 1. The maximum Gasteiger partial charge on any atom is 0.529 e. The molecular weight excluding hydrogens is 444 g/mol. The van der Waals surface area contributed by atoms with Crippen molar-refractivity contribution in [3.63, 3.8) is 0 Å². The molecular formula is C25H34FNO5P+. The second kappa shape index (κ2) is 9.57. The number of aromatic nitrogens is 1. The quantitative estimate of drug-likeness (QED) is 0.443. The Bertz CT molecular complexity index is 1040. The second-order valence-corrected chi connectivity index (χ2v) is 11.4. The molecule has 2 rings (SSSR count). The van der Waals surface area contributed by atoms with E-state index in [1.807, 2.05) is 34.6 Å². The van der Waals surface area contributed by atoms with Crippen LogP contribution < -0.4 is 0 Å². The average Bonchev–Trinajstić information content (AvgIpc) is 2.72. The average molecular weight is 479 g/mol. The van der Waals surface area contributed by atoms with Crippen LogP contribution in [0.1, 0.15) is 77.8 Å². The third-order valence-electron chi connectivity index (χ3n) is 6.15. The summed E-state index contributed by atoms with van der Waals surface area (Å²) in [4.78, 5) is 17.4. The largest absolute Gasteiger partial charge is 0.529 e. The summed E-state index contributed by atoms with van der Waals surface area (Å²) in [6.07, 6.45) is -0.153. The Hall–Kier alpha value is -2.21. The maximum absolute atomic E-state index is 13.7. The molecule has 0 aliphatic heterocycles. The normalized spacial score (nSPS) is 16.3. The van der Waals surface area contributed by atoms with E-state index >= 15 is 0 Å². The minimum absolute atomic E-state index is 0.153. The van der Waals surface area contributed by atoms with Gasteiger partial charge in [0.2, 0.25) is 0 Å². The lowest BCUT2D eigenvalue weighted by molar-refractivity contribution is -0.149. The molecule has 8 heteroatoms. The topological polar surface area (TPSA) is 96.7 Å². The smallest absolute Gasteiger partial charge is 0.477 e. The molecule has 180 valence electrons. The van der Waals surface area contributed by atoms with Gasteiger partial charge in [-0.2, -0.15) is 0 Å². The van der Waals surface area contributed by atoms with Crippen molar-refractivity contribution in [3.8, 4) is 11.1 Å². The highest BCUT2D eigenvalue weighted by Crippen LogP contribution is 2.56. The lowest BCUT2D eigenvalue weighted by atomic mass is 9.74. The van der Waals surface area contributed by atoms with Gasteiger partial charge in [-0.3, -0.25) is 4.98 Å². The van der Waals surface area contributed by atoms with E-state index in [0.717, 1.165) is 12.8 Å². The van der Waals surface area contributed by atoms with Gasteiger partial charge in [0.05, 0.1) is 12.8 Å². The van der Waals surface area contributed by atoms with Crippen LogP contribution in [0.15, 0.2) is 30.3 Å². The van der Waals surface area contributed by atoms with Crippen LogP contribution in [0.3, 0.4) is 0 Å². The van der Waals surface area contributed by atoms with E-state index in [1.54, 1.807) is 25.1 Å². The third kappa shape index (κ3) is 4.72. The first-order valence-electron chi connectivity index (χ1n) is 10.9. The standard InChI is InChI=1S/C25H33FNO5P/c1-9-25(22(28)29,33(31)32-8)24(7,30)20-18(16-10-12-17(26)13-11-16)14-19(23(4,5)6)27-21(20)15(2)3/h10-15,30H,9H2,1-8H3/p+1. The Morgan fingerprint density at radius 1 is 1.18 bits per heavy atom. The second-order valence-electron chi connectivity index (χ2n) is 9.76. The van der Waals surface area contributed by atoms with Crippen LogP contribution in [0.25, 0.3) is 11.1 Å². The van der Waals surface area contributed by atoms with Crippen molar-refractivity contribution in [2.24, 2.45) is 0 Å². The Morgan fingerprint density at radius 3 is 2.12 bits per heavy atom. The van der Waals surface area contributed by atoms with Gasteiger partial charge < -0.3 is 10.2 Å². The number of aliphatic carboxylic acids is 1. The first kappa shape index (κ1) is 27.0. The zero-order valence-electron chi connectivity index (χ0n) is 20.6. The van der Waals surface area contributed by atoms with Crippen LogP contribution in [-0.4, -0.2) is 33.4 Å². The maximum atomic E-state index is 13.7.